The monoisotopic (exact) mass is 487 g/mol. The van der Waals surface area contributed by atoms with Gasteiger partial charge >= 0.3 is 0 Å². The van der Waals surface area contributed by atoms with Gasteiger partial charge in [-0.2, -0.15) is 0 Å². The number of nitrogens with one attached hydrogen (secondary N) is 3. The van der Waals surface area contributed by atoms with Gasteiger partial charge in [-0.05, 0) is 45.7 Å². The van der Waals surface area contributed by atoms with Crippen molar-refractivity contribution < 1.29 is 4.79 Å². The minimum absolute atomic E-state index is 0. The molecule has 0 radical (unpaired) electrons. The molecule has 1 aliphatic rings. The molecule has 1 aromatic carbocycles. The van der Waals surface area contributed by atoms with Gasteiger partial charge in [-0.15, -0.1) is 24.0 Å². The predicted octanol–water partition coefficient (Wildman–Crippen LogP) is 2.35. The minimum atomic E-state index is -0.225. The number of likely N-dealkylation sites (tertiary alicyclic amines) is 1. The van der Waals surface area contributed by atoms with Crippen molar-refractivity contribution in [1.29, 1.82) is 0 Å². The van der Waals surface area contributed by atoms with Gasteiger partial charge in [-0.3, -0.25) is 14.7 Å². The zero-order valence-corrected chi connectivity index (χ0v) is 19.2. The van der Waals surface area contributed by atoms with E-state index >= 15 is 0 Å². The van der Waals surface area contributed by atoms with Crippen LogP contribution in [0.2, 0.25) is 0 Å². The van der Waals surface area contributed by atoms with Gasteiger partial charge in [0.25, 0.3) is 0 Å². The quantitative estimate of drug-likeness (QED) is 0.328. The second kappa shape index (κ2) is 11.5. The number of nitrogens with zero attached hydrogens (tertiary/aromatic N) is 2. The Morgan fingerprint density at radius 1 is 1.22 bits per heavy atom. The lowest BCUT2D eigenvalue weighted by Gasteiger charge is -2.26. The molecule has 0 spiro atoms. The number of carbonyl (C=O) groups excluding carboxylic acids is 1. The second-order valence-corrected chi connectivity index (χ2v) is 7.86. The summed E-state index contributed by atoms with van der Waals surface area (Å²) >= 11 is 0. The van der Waals surface area contributed by atoms with Crippen LogP contribution in [-0.4, -0.2) is 55.0 Å². The van der Waals surface area contributed by atoms with E-state index in [1.165, 1.54) is 18.4 Å². The van der Waals surface area contributed by atoms with Crippen molar-refractivity contribution in [1.82, 2.24) is 20.9 Å². The summed E-state index contributed by atoms with van der Waals surface area (Å²) in [5.74, 6) is 0.632. The molecule has 2 rings (SSSR count). The number of benzene rings is 1. The van der Waals surface area contributed by atoms with Crippen molar-refractivity contribution >= 4 is 35.8 Å². The fraction of sp³-hybridized carbons (Fsp3) is 0.600. The zero-order chi connectivity index (χ0) is 19.0. The fourth-order valence-corrected chi connectivity index (χ4v) is 3.21. The van der Waals surface area contributed by atoms with E-state index in [0.717, 1.165) is 19.6 Å². The molecule has 1 aliphatic heterocycles. The van der Waals surface area contributed by atoms with Gasteiger partial charge in [0.1, 0.15) is 0 Å². The first kappa shape index (κ1) is 23.7. The lowest BCUT2D eigenvalue weighted by atomic mass is 10.1. The van der Waals surface area contributed by atoms with Crippen LogP contribution in [0.25, 0.3) is 0 Å². The van der Waals surface area contributed by atoms with E-state index in [4.69, 9.17) is 0 Å². The molecule has 1 amide bonds. The molecule has 1 aromatic rings. The normalized spacial score (nSPS) is 17.9. The van der Waals surface area contributed by atoms with Crippen LogP contribution in [0.3, 0.4) is 0 Å². The average Bonchev–Trinajstić information content (AvgIpc) is 3.01. The number of aliphatic imine (C=N–C) groups is 1. The van der Waals surface area contributed by atoms with Crippen LogP contribution in [0.15, 0.2) is 35.3 Å². The lowest BCUT2D eigenvalue weighted by Crippen LogP contribution is -2.49. The van der Waals surface area contributed by atoms with Gasteiger partial charge < -0.3 is 16.0 Å². The summed E-state index contributed by atoms with van der Waals surface area (Å²) in [5, 5.41) is 9.39. The SMILES string of the molecule is CN=C(NCC(=O)NC(C)(C)C)NCC1CCCN1Cc1ccccc1.I. The highest BCUT2D eigenvalue weighted by atomic mass is 127. The maximum atomic E-state index is 11.9. The summed E-state index contributed by atoms with van der Waals surface area (Å²) in [4.78, 5) is 18.7. The molecule has 1 unspecified atom stereocenters. The van der Waals surface area contributed by atoms with E-state index in [1.54, 1.807) is 7.05 Å². The maximum absolute atomic E-state index is 11.9. The van der Waals surface area contributed by atoms with Crippen molar-refractivity contribution in [2.45, 2.75) is 51.7 Å². The smallest absolute Gasteiger partial charge is 0.239 e. The van der Waals surface area contributed by atoms with Gasteiger partial charge in [0.15, 0.2) is 5.96 Å². The predicted molar refractivity (Wildman–Crippen MR) is 123 cm³/mol. The molecule has 7 heteroatoms. The largest absolute Gasteiger partial charge is 0.355 e. The number of rotatable bonds is 6. The highest BCUT2D eigenvalue weighted by molar-refractivity contribution is 14.0. The van der Waals surface area contributed by atoms with E-state index < -0.39 is 0 Å². The summed E-state index contributed by atoms with van der Waals surface area (Å²) in [7, 11) is 1.73. The second-order valence-electron chi connectivity index (χ2n) is 7.86. The summed E-state index contributed by atoms with van der Waals surface area (Å²) in [6, 6.07) is 11.1. The van der Waals surface area contributed by atoms with Crippen molar-refractivity contribution in [3.05, 3.63) is 35.9 Å². The van der Waals surface area contributed by atoms with E-state index in [9.17, 15) is 4.79 Å². The molecule has 27 heavy (non-hydrogen) atoms. The lowest BCUT2D eigenvalue weighted by molar-refractivity contribution is -0.121. The highest BCUT2D eigenvalue weighted by Gasteiger charge is 2.24. The van der Waals surface area contributed by atoms with Crippen LogP contribution in [-0.2, 0) is 11.3 Å². The summed E-state index contributed by atoms with van der Waals surface area (Å²) in [6.07, 6.45) is 2.40. The van der Waals surface area contributed by atoms with E-state index in [0.29, 0.717) is 12.0 Å². The topological polar surface area (TPSA) is 68.8 Å². The molecule has 3 N–H and O–H groups in total. The van der Waals surface area contributed by atoms with Gasteiger partial charge in [-0.25, -0.2) is 0 Å². The van der Waals surface area contributed by atoms with Crippen LogP contribution < -0.4 is 16.0 Å². The van der Waals surface area contributed by atoms with E-state index in [1.807, 2.05) is 20.8 Å². The number of halogens is 1. The Kier molecular flexibility index (Phi) is 10.1. The minimum Gasteiger partial charge on any atom is -0.355 e. The number of hydrogen-bond donors (Lipinski definition) is 3. The summed E-state index contributed by atoms with van der Waals surface area (Å²) in [5.41, 5.74) is 1.12. The third-order valence-corrected chi connectivity index (χ3v) is 4.39. The van der Waals surface area contributed by atoms with E-state index in [2.05, 4.69) is 56.2 Å². The van der Waals surface area contributed by atoms with Gasteiger partial charge in [0.2, 0.25) is 5.91 Å². The third-order valence-electron chi connectivity index (χ3n) is 4.39. The van der Waals surface area contributed by atoms with Crippen molar-refractivity contribution in [2.75, 3.05) is 26.7 Å². The van der Waals surface area contributed by atoms with Gasteiger partial charge in [-0.1, -0.05) is 30.3 Å². The molecule has 0 saturated carbocycles. The van der Waals surface area contributed by atoms with Crippen LogP contribution in [0, 0.1) is 0 Å². The molecule has 6 nitrogen and oxygen atoms in total. The Labute approximate surface area is 180 Å². The summed E-state index contributed by atoms with van der Waals surface area (Å²) < 4.78 is 0. The molecule has 0 bridgehead atoms. The highest BCUT2D eigenvalue weighted by Crippen LogP contribution is 2.19. The van der Waals surface area contributed by atoms with Crippen LogP contribution in [0.1, 0.15) is 39.2 Å². The van der Waals surface area contributed by atoms with Crippen molar-refractivity contribution in [3.63, 3.8) is 0 Å². The number of carbonyl (C=O) groups is 1. The first-order chi connectivity index (χ1) is 12.4. The van der Waals surface area contributed by atoms with E-state index in [-0.39, 0.29) is 42.0 Å². The molecule has 1 fully saturated rings. The Morgan fingerprint density at radius 3 is 2.56 bits per heavy atom. The van der Waals surface area contributed by atoms with Gasteiger partial charge in [0.05, 0.1) is 6.54 Å². The average molecular weight is 487 g/mol. The Bertz CT molecular complexity index is 600. The summed E-state index contributed by atoms with van der Waals surface area (Å²) in [6.45, 7) is 9.06. The molecule has 1 atom stereocenters. The fourth-order valence-electron chi connectivity index (χ4n) is 3.21. The van der Waals surface area contributed by atoms with Crippen molar-refractivity contribution in [2.24, 2.45) is 4.99 Å². The standard InChI is InChI=1S/C20H33N5O.HI/c1-20(2,3)24-18(26)14-23-19(21-4)22-13-17-11-8-12-25(17)15-16-9-6-5-7-10-16;/h5-7,9-10,17H,8,11-15H2,1-4H3,(H,24,26)(H2,21,22,23);1H. The van der Waals surface area contributed by atoms with Crippen LogP contribution in [0.4, 0.5) is 0 Å². The van der Waals surface area contributed by atoms with Crippen LogP contribution in [0.5, 0.6) is 0 Å². The molecule has 0 aliphatic carbocycles. The third kappa shape index (κ3) is 8.92. The Balaban J connectivity index is 0.00000364. The first-order valence-corrected chi connectivity index (χ1v) is 9.41. The van der Waals surface area contributed by atoms with Crippen LogP contribution >= 0.6 is 24.0 Å². The van der Waals surface area contributed by atoms with Crippen molar-refractivity contribution in [3.8, 4) is 0 Å². The molecule has 1 saturated heterocycles. The molecule has 152 valence electrons. The Hall–Kier alpha value is -1.35. The Morgan fingerprint density at radius 2 is 1.93 bits per heavy atom. The number of hydrogen-bond acceptors (Lipinski definition) is 3. The molecule has 0 aromatic heterocycles. The first-order valence-electron chi connectivity index (χ1n) is 9.41. The zero-order valence-electron chi connectivity index (χ0n) is 16.9. The van der Waals surface area contributed by atoms with Gasteiger partial charge in [0, 0.05) is 31.7 Å². The number of guanidine groups is 1. The number of amides is 1. The molecular weight excluding hydrogens is 453 g/mol. The molecular formula is C20H34IN5O. The maximum Gasteiger partial charge on any atom is 0.239 e. The molecule has 1 heterocycles.